The molecule has 2 aromatic carbocycles. The number of non-ortho nitro benzene ring substituents is 1. The Labute approximate surface area is 178 Å². The Kier molecular flexibility index (Phi) is 7.59. The molecule has 0 saturated heterocycles. The number of hydrogen-bond acceptors (Lipinski definition) is 4. The van der Waals surface area contributed by atoms with E-state index in [1.807, 2.05) is 26.0 Å². The van der Waals surface area contributed by atoms with Crippen LogP contribution in [0.2, 0.25) is 10.0 Å². The normalized spacial score (nSPS) is 11.8. The number of nitrogens with zero attached hydrogens (tertiary/aromatic N) is 2. The van der Waals surface area contributed by atoms with Crippen molar-refractivity contribution in [2.24, 2.45) is 5.92 Å². The van der Waals surface area contributed by atoms with Gasteiger partial charge in [-0.15, -0.1) is 0 Å². The van der Waals surface area contributed by atoms with Crippen molar-refractivity contribution in [2.75, 3.05) is 7.05 Å². The van der Waals surface area contributed by atoms with Crippen molar-refractivity contribution in [3.63, 3.8) is 0 Å². The third-order valence-corrected chi connectivity index (χ3v) is 4.90. The lowest BCUT2D eigenvalue weighted by atomic mass is 10.0. The van der Waals surface area contributed by atoms with E-state index >= 15 is 0 Å². The molecule has 0 aliphatic heterocycles. The lowest BCUT2D eigenvalue weighted by Crippen LogP contribution is -2.50. The third-order valence-electron chi connectivity index (χ3n) is 4.34. The average Bonchev–Trinajstić information content (AvgIpc) is 2.66. The van der Waals surface area contributed by atoms with E-state index in [-0.39, 0.29) is 28.1 Å². The highest BCUT2D eigenvalue weighted by Crippen LogP contribution is 2.23. The van der Waals surface area contributed by atoms with Gasteiger partial charge in [0.15, 0.2) is 0 Å². The molecule has 1 N–H and O–H groups in total. The minimum Gasteiger partial charge on any atom is -0.340 e. The largest absolute Gasteiger partial charge is 0.340 e. The Morgan fingerprint density at radius 2 is 1.76 bits per heavy atom. The number of halogens is 2. The fraction of sp³-hybridized carbons (Fsp3) is 0.300. The quantitative estimate of drug-likeness (QED) is 0.515. The molecular weight excluding hydrogens is 417 g/mol. The first-order valence-electron chi connectivity index (χ1n) is 8.84. The summed E-state index contributed by atoms with van der Waals surface area (Å²) in [4.78, 5) is 37.3. The molecule has 0 fully saturated rings. The van der Waals surface area contributed by atoms with Gasteiger partial charge >= 0.3 is 0 Å². The lowest BCUT2D eigenvalue weighted by molar-refractivity contribution is -0.384. The van der Waals surface area contributed by atoms with Crippen molar-refractivity contribution in [1.82, 2.24) is 10.2 Å². The van der Waals surface area contributed by atoms with E-state index in [1.54, 1.807) is 19.2 Å². The van der Waals surface area contributed by atoms with Gasteiger partial charge in [0, 0.05) is 30.7 Å². The summed E-state index contributed by atoms with van der Waals surface area (Å²) >= 11 is 11.9. The van der Waals surface area contributed by atoms with E-state index in [4.69, 9.17) is 23.2 Å². The second-order valence-electron chi connectivity index (χ2n) is 6.94. The van der Waals surface area contributed by atoms with Gasteiger partial charge in [-0.1, -0.05) is 49.2 Å². The number of amides is 2. The predicted molar refractivity (Wildman–Crippen MR) is 112 cm³/mol. The van der Waals surface area contributed by atoms with Crippen LogP contribution >= 0.6 is 23.2 Å². The highest BCUT2D eigenvalue weighted by molar-refractivity contribution is 6.34. The molecule has 0 aliphatic rings. The Morgan fingerprint density at radius 1 is 1.14 bits per heavy atom. The van der Waals surface area contributed by atoms with Crippen LogP contribution in [0.25, 0.3) is 0 Å². The first kappa shape index (κ1) is 22.6. The van der Waals surface area contributed by atoms with E-state index in [0.29, 0.717) is 11.6 Å². The Morgan fingerprint density at radius 3 is 2.28 bits per heavy atom. The second kappa shape index (κ2) is 9.71. The van der Waals surface area contributed by atoms with Crippen molar-refractivity contribution >= 4 is 40.7 Å². The van der Waals surface area contributed by atoms with Gasteiger partial charge in [0.1, 0.15) is 6.04 Å². The zero-order valence-electron chi connectivity index (χ0n) is 16.2. The van der Waals surface area contributed by atoms with Crippen LogP contribution in [-0.2, 0) is 11.3 Å². The van der Waals surface area contributed by atoms with Gasteiger partial charge in [0.2, 0.25) is 5.91 Å². The van der Waals surface area contributed by atoms with Crippen LogP contribution in [-0.4, -0.2) is 34.7 Å². The van der Waals surface area contributed by atoms with Crippen LogP contribution in [0.1, 0.15) is 29.8 Å². The zero-order valence-corrected chi connectivity index (χ0v) is 17.7. The molecule has 2 rings (SSSR count). The maximum absolute atomic E-state index is 12.9. The van der Waals surface area contributed by atoms with Gasteiger partial charge in [-0.05, 0) is 29.7 Å². The van der Waals surface area contributed by atoms with E-state index in [2.05, 4.69) is 5.32 Å². The van der Waals surface area contributed by atoms with Crippen LogP contribution in [0.5, 0.6) is 0 Å². The molecule has 2 amide bonds. The number of hydrogen-bond donors (Lipinski definition) is 1. The Bertz CT molecular complexity index is 916. The van der Waals surface area contributed by atoms with Gasteiger partial charge in [0.05, 0.1) is 15.5 Å². The summed E-state index contributed by atoms with van der Waals surface area (Å²) in [6.45, 7) is 3.99. The monoisotopic (exact) mass is 437 g/mol. The first-order chi connectivity index (χ1) is 13.6. The van der Waals surface area contributed by atoms with Crippen molar-refractivity contribution in [2.45, 2.75) is 26.4 Å². The maximum atomic E-state index is 12.9. The van der Waals surface area contributed by atoms with E-state index < -0.39 is 16.9 Å². The van der Waals surface area contributed by atoms with Crippen molar-refractivity contribution in [3.05, 3.63) is 73.8 Å². The van der Waals surface area contributed by atoms with Crippen molar-refractivity contribution in [3.8, 4) is 0 Å². The molecule has 29 heavy (non-hydrogen) atoms. The van der Waals surface area contributed by atoms with E-state index in [1.165, 1.54) is 17.0 Å². The summed E-state index contributed by atoms with van der Waals surface area (Å²) in [7, 11) is 1.65. The summed E-state index contributed by atoms with van der Waals surface area (Å²) in [5.74, 6) is -1.02. The summed E-state index contributed by atoms with van der Waals surface area (Å²) in [5.41, 5.74) is 0.749. The smallest absolute Gasteiger partial charge is 0.270 e. The van der Waals surface area contributed by atoms with Gasteiger partial charge in [-0.25, -0.2) is 0 Å². The SMILES string of the molecule is CC(C)C(NC(=O)c1ccc([N+](=O)[O-])cc1Cl)C(=O)N(C)Cc1ccc(Cl)cc1. The van der Waals surface area contributed by atoms with Crippen LogP contribution in [0.4, 0.5) is 5.69 Å². The van der Waals surface area contributed by atoms with Crippen LogP contribution < -0.4 is 5.32 Å². The molecule has 0 bridgehead atoms. The fourth-order valence-electron chi connectivity index (χ4n) is 2.71. The molecule has 1 unspecified atom stereocenters. The standard InChI is InChI=1S/C20H21Cl2N3O4/c1-12(2)18(20(27)24(3)11-13-4-6-14(21)7-5-13)23-19(26)16-9-8-15(25(28)29)10-17(16)22/h4-10,12,18H,11H2,1-3H3,(H,23,26). The fourth-order valence-corrected chi connectivity index (χ4v) is 3.10. The molecule has 7 nitrogen and oxygen atoms in total. The van der Waals surface area contributed by atoms with Crippen LogP contribution in [0.15, 0.2) is 42.5 Å². The molecule has 0 spiro atoms. The molecule has 9 heteroatoms. The molecular formula is C20H21Cl2N3O4. The van der Waals surface area contributed by atoms with Gasteiger partial charge in [-0.2, -0.15) is 0 Å². The number of carbonyl (C=O) groups excluding carboxylic acids is 2. The number of nitrogens with one attached hydrogen (secondary N) is 1. The first-order valence-corrected chi connectivity index (χ1v) is 9.60. The number of nitro benzene ring substituents is 1. The van der Waals surface area contributed by atoms with E-state index in [9.17, 15) is 19.7 Å². The second-order valence-corrected chi connectivity index (χ2v) is 7.78. The molecule has 0 saturated carbocycles. The number of likely N-dealkylation sites (N-methyl/N-ethyl adjacent to an activating group) is 1. The van der Waals surface area contributed by atoms with Gasteiger partial charge < -0.3 is 10.2 Å². The van der Waals surface area contributed by atoms with Crippen molar-refractivity contribution < 1.29 is 14.5 Å². The highest BCUT2D eigenvalue weighted by Gasteiger charge is 2.28. The predicted octanol–water partition coefficient (Wildman–Crippen LogP) is 4.31. The average molecular weight is 438 g/mol. The molecule has 154 valence electrons. The summed E-state index contributed by atoms with van der Waals surface area (Å²) < 4.78 is 0. The Hall–Kier alpha value is -2.64. The van der Waals surface area contributed by atoms with Gasteiger partial charge in [-0.3, -0.25) is 19.7 Å². The Balaban J connectivity index is 2.14. The molecule has 0 aromatic heterocycles. The highest BCUT2D eigenvalue weighted by atomic mass is 35.5. The molecule has 1 atom stereocenters. The maximum Gasteiger partial charge on any atom is 0.270 e. The zero-order chi connectivity index (χ0) is 21.7. The minimum absolute atomic E-state index is 0.0545. The number of benzene rings is 2. The van der Waals surface area contributed by atoms with Crippen LogP contribution in [0, 0.1) is 16.0 Å². The summed E-state index contributed by atoms with van der Waals surface area (Å²) in [6, 6.07) is 9.92. The lowest BCUT2D eigenvalue weighted by Gasteiger charge is -2.27. The number of carbonyl (C=O) groups is 2. The number of rotatable bonds is 7. The number of nitro groups is 1. The molecule has 0 aliphatic carbocycles. The third kappa shape index (κ3) is 5.92. The summed E-state index contributed by atoms with van der Waals surface area (Å²) in [6.07, 6.45) is 0. The molecule has 0 radical (unpaired) electrons. The topological polar surface area (TPSA) is 92.5 Å². The van der Waals surface area contributed by atoms with E-state index in [0.717, 1.165) is 11.6 Å². The molecule has 0 heterocycles. The van der Waals surface area contributed by atoms with Crippen LogP contribution in [0.3, 0.4) is 0 Å². The molecule has 2 aromatic rings. The van der Waals surface area contributed by atoms with Gasteiger partial charge in [0.25, 0.3) is 11.6 Å². The minimum atomic E-state index is -0.786. The van der Waals surface area contributed by atoms with Crippen molar-refractivity contribution in [1.29, 1.82) is 0 Å². The summed E-state index contributed by atoms with van der Waals surface area (Å²) in [5, 5.41) is 14.1.